The minimum Gasteiger partial charge on any atom is -0.550 e. The molecule has 0 spiro atoms. The van der Waals surface area contributed by atoms with Gasteiger partial charge in [0.05, 0.1) is 11.1 Å². The molecule has 1 aromatic rings. The average molecular weight is 285 g/mol. The minimum atomic E-state index is -1.18. The Labute approximate surface area is 121 Å². The van der Waals surface area contributed by atoms with Crippen molar-refractivity contribution in [1.29, 1.82) is 0 Å². The van der Waals surface area contributed by atoms with Crippen molar-refractivity contribution in [3.63, 3.8) is 0 Å². The number of phenolic OH excluding ortho intramolecular Hbond substituents is 1. The SMILES string of the molecule is CC1=C2C(=O)c3c(O)cccc3C=C2C[C@@H](CC(=O)[O-])O1. The van der Waals surface area contributed by atoms with Crippen LogP contribution in [0.25, 0.3) is 6.08 Å². The van der Waals surface area contributed by atoms with E-state index in [0.29, 0.717) is 23.3 Å². The standard InChI is InChI=1S/C16H14O5/c1-8-14-10(6-11(21-8)7-13(18)19)5-9-3-2-4-12(17)15(9)16(14)20/h2-5,11,17H,6-7H2,1H3,(H,18,19)/p-1/t11-/m0/s1. The van der Waals surface area contributed by atoms with Crippen molar-refractivity contribution >= 4 is 17.8 Å². The highest BCUT2D eigenvalue weighted by atomic mass is 16.5. The van der Waals surface area contributed by atoms with E-state index in [-0.39, 0.29) is 23.5 Å². The molecule has 0 aromatic heterocycles. The second-order valence-corrected chi connectivity index (χ2v) is 5.19. The number of aromatic hydroxyl groups is 1. The molecule has 5 nitrogen and oxygen atoms in total. The van der Waals surface area contributed by atoms with Crippen LogP contribution in [0.4, 0.5) is 0 Å². The Morgan fingerprint density at radius 3 is 2.95 bits per heavy atom. The van der Waals surface area contributed by atoms with Crippen molar-refractivity contribution in [3.8, 4) is 5.75 Å². The van der Waals surface area contributed by atoms with E-state index in [1.54, 1.807) is 25.1 Å². The zero-order valence-corrected chi connectivity index (χ0v) is 11.4. The fourth-order valence-corrected chi connectivity index (χ4v) is 2.90. The largest absolute Gasteiger partial charge is 0.550 e. The Morgan fingerprint density at radius 2 is 2.24 bits per heavy atom. The maximum absolute atomic E-state index is 12.5. The van der Waals surface area contributed by atoms with E-state index in [4.69, 9.17) is 4.74 Å². The van der Waals surface area contributed by atoms with E-state index in [1.165, 1.54) is 6.07 Å². The summed E-state index contributed by atoms with van der Waals surface area (Å²) in [6.45, 7) is 1.63. The number of fused-ring (bicyclic) bond motifs is 2. The Bertz CT molecular complexity index is 711. The van der Waals surface area contributed by atoms with Gasteiger partial charge >= 0.3 is 0 Å². The van der Waals surface area contributed by atoms with Crippen molar-refractivity contribution in [1.82, 2.24) is 0 Å². The molecule has 0 saturated heterocycles. The molecule has 0 bridgehead atoms. The summed E-state index contributed by atoms with van der Waals surface area (Å²) in [5.74, 6) is -1.15. The molecule has 0 saturated carbocycles. The fourth-order valence-electron chi connectivity index (χ4n) is 2.90. The van der Waals surface area contributed by atoms with Gasteiger partial charge < -0.3 is 19.7 Å². The third kappa shape index (κ3) is 2.20. The number of carboxylic acids is 1. The number of allylic oxidation sites excluding steroid dienone is 2. The lowest BCUT2D eigenvalue weighted by Gasteiger charge is -2.31. The summed E-state index contributed by atoms with van der Waals surface area (Å²) in [5.41, 5.74) is 2.06. The Morgan fingerprint density at radius 1 is 1.48 bits per heavy atom. The van der Waals surface area contributed by atoms with Crippen molar-refractivity contribution < 1.29 is 24.5 Å². The maximum atomic E-state index is 12.5. The van der Waals surface area contributed by atoms with Gasteiger partial charge in [-0.1, -0.05) is 12.1 Å². The minimum absolute atomic E-state index is 0.0649. The van der Waals surface area contributed by atoms with E-state index in [1.807, 2.05) is 0 Å². The van der Waals surface area contributed by atoms with Gasteiger partial charge in [0.2, 0.25) is 5.78 Å². The molecule has 0 fully saturated rings. The molecule has 0 radical (unpaired) electrons. The number of carboxylic acid groups (broad SMARTS) is 1. The predicted molar refractivity (Wildman–Crippen MR) is 72.2 cm³/mol. The number of carbonyl (C=O) groups is 2. The van der Waals surface area contributed by atoms with Crippen LogP contribution in [-0.4, -0.2) is 23.0 Å². The van der Waals surface area contributed by atoms with E-state index in [2.05, 4.69) is 0 Å². The van der Waals surface area contributed by atoms with Crippen LogP contribution in [0.2, 0.25) is 0 Å². The third-order valence-electron chi connectivity index (χ3n) is 3.72. The molecule has 2 aliphatic rings. The van der Waals surface area contributed by atoms with Gasteiger partial charge in [-0.15, -0.1) is 0 Å². The van der Waals surface area contributed by atoms with E-state index >= 15 is 0 Å². The molecular weight excluding hydrogens is 272 g/mol. The van der Waals surface area contributed by atoms with Crippen LogP contribution in [0, 0.1) is 0 Å². The number of hydrogen-bond donors (Lipinski definition) is 1. The van der Waals surface area contributed by atoms with Crippen LogP contribution < -0.4 is 5.11 Å². The van der Waals surface area contributed by atoms with Crippen LogP contribution in [0.5, 0.6) is 5.75 Å². The highest BCUT2D eigenvalue weighted by molar-refractivity contribution is 6.18. The first-order valence-corrected chi connectivity index (χ1v) is 6.62. The van der Waals surface area contributed by atoms with Crippen molar-refractivity contribution in [3.05, 3.63) is 46.2 Å². The monoisotopic (exact) mass is 285 g/mol. The van der Waals surface area contributed by atoms with Crippen molar-refractivity contribution in [2.45, 2.75) is 25.9 Å². The Kier molecular flexibility index (Phi) is 3.05. The first kappa shape index (κ1) is 13.4. The van der Waals surface area contributed by atoms with E-state index in [9.17, 15) is 19.8 Å². The zero-order valence-electron chi connectivity index (χ0n) is 11.4. The number of Topliss-reactive ketones (excluding diaryl/α,β-unsaturated/α-hetero) is 1. The number of rotatable bonds is 2. The number of hydrogen-bond acceptors (Lipinski definition) is 5. The van der Waals surface area contributed by atoms with Gasteiger partial charge in [0, 0.05) is 18.8 Å². The fraction of sp³-hybridized carbons (Fsp3) is 0.250. The second kappa shape index (κ2) is 4.77. The molecule has 108 valence electrons. The lowest BCUT2D eigenvalue weighted by molar-refractivity contribution is -0.307. The molecule has 1 aliphatic carbocycles. The molecular formula is C16H13O5-. The lowest BCUT2D eigenvalue weighted by Crippen LogP contribution is -2.32. The number of phenols is 1. The Hall–Kier alpha value is -2.56. The summed E-state index contributed by atoms with van der Waals surface area (Å²) >= 11 is 0. The summed E-state index contributed by atoms with van der Waals surface area (Å²) in [7, 11) is 0. The van der Waals surface area contributed by atoms with Gasteiger partial charge in [-0.25, -0.2) is 0 Å². The molecule has 1 N–H and O–H groups in total. The lowest BCUT2D eigenvalue weighted by atomic mass is 9.82. The van der Waals surface area contributed by atoms with E-state index < -0.39 is 12.1 Å². The summed E-state index contributed by atoms with van der Waals surface area (Å²) in [5, 5.41) is 20.6. The van der Waals surface area contributed by atoms with Crippen LogP contribution >= 0.6 is 0 Å². The summed E-state index contributed by atoms with van der Waals surface area (Å²) in [4.78, 5) is 23.3. The van der Waals surface area contributed by atoms with E-state index in [0.717, 1.165) is 5.57 Å². The normalized spacial score (nSPS) is 20.3. The van der Waals surface area contributed by atoms with Gasteiger partial charge in [-0.2, -0.15) is 0 Å². The van der Waals surface area contributed by atoms with Gasteiger partial charge in [0.15, 0.2) is 0 Å². The van der Waals surface area contributed by atoms with Crippen molar-refractivity contribution in [2.75, 3.05) is 0 Å². The molecule has 1 heterocycles. The summed E-state index contributed by atoms with van der Waals surface area (Å²) in [6, 6.07) is 4.88. The highest BCUT2D eigenvalue weighted by Gasteiger charge is 2.34. The molecule has 3 rings (SSSR count). The number of ether oxygens (including phenoxy) is 1. The molecule has 1 aliphatic heterocycles. The summed E-state index contributed by atoms with van der Waals surface area (Å²) in [6.07, 6.45) is 1.39. The number of benzene rings is 1. The zero-order chi connectivity index (χ0) is 15.1. The third-order valence-corrected chi connectivity index (χ3v) is 3.72. The van der Waals surface area contributed by atoms with Crippen molar-refractivity contribution in [2.24, 2.45) is 0 Å². The molecule has 21 heavy (non-hydrogen) atoms. The van der Waals surface area contributed by atoms with Crippen LogP contribution in [0.3, 0.4) is 0 Å². The first-order chi connectivity index (χ1) is 9.97. The van der Waals surface area contributed by atoms with Gasteiger partial charge in [0.1, 0.15) is 17.6 Å². The predicted octanol–water partition coefficient (Wildman–Crippen LogP) is 1.17. The smallest absolute Gasteiger partial charge is 0.200 e. The highest BCUT2D eigenvalue weighted by Crippen LogP contribution is 2.40. The van der Waals surface area contributed by atoms with Gasteiger partial charge in [0.25, 0.3) is 0 Å². The molecule has 1 aromatic carbocycles. The molecule has 0 amide bonds. The van der Waals surface area contributed by atoms with Crippen LogP contribution in [-0.2, 0) is 9.53 Å². The van der Waals surface area contributed by atoms with Crippen LogP contribution in [0.1, 0.15) is 35.7 Å². The quantitative estimate of drug-likeness (QED) is 0.881. The molecule has 1 atom stereocenters. The average Bonchev–Trinajstić information content (AvgIpc) is 2.36. The number of aliphatic carboxylic acids is 1. The van der Waals surface area contributed by atoms with Gasteiger partial charge in [-0.3, -0.25) is 4.79 Å². The van der Waals surface area contributed by atoms with Gasteiger partial charge in [-0.05, 0) is 30.2 Å². The summed E-state index contributed by atoms with van der Waals surface area (Å²) < 4.78 is 5.51. The van der Waals surface area contributed by atoms with Crippen LogP contribution in [0.15, 0.2) is 35.1 Å². The first-order valence-electron chi connectivity index (χ1n) is 6.62. The second-order valence-electron chi connectivity index (χ2n) is 5.19. The number of carbonyl (C=O) groups excluding carboxylic acids is 2. The number of ketones is 1. The molecule has 0 unspecified atom stereocenters. The maximum Gasteiger partial charge on any atom is 0.200 e. The topological polar surface area (TPSA) is 86.7 Å². The Balaban J connectivity index is 2.08. The molecule has 5 heteroatoms.